The summed E-state index contributed by atoms with van der Waals surface area (Å²) in [5.41, 5.74) is 0.570. The van der Waals surface area contributed by atoms with Gasteiger partial charge in [0.2, 0.25) is 0 Å². The summed E-state index contributed by atoms with van der Waals surface area (Å²) >= 11 is 9.13. The summed E-state index contributed by atoms with van der Waals surface area (Å²) in [6.45, 7) is 0.275. The van der Waals surface area contributed by atoms with Crippen LogP contribution >= 0.6 is 27.5 Å². The fraction of sp³-hybridized carbons (Fsp3) is 0.0769. The van der Waals surface area contributed by atoms with E-state index in [-0.39, 0.29) is 22.9 Å². The van der Waals surface area contributed by atoms with Gasteiger partial charge in [-0.05, 0) is 17.7 Å². The second-order valence-electron chi connectivity index (χ2n) is 4.10. The van der Waals surface area contributed by atoms with E-state index < -0.39 is 10.8 Å². The van der Waals surface area contributed by atoms with Gasteiger partial charge in [-0.1, -0.05) is 39.7 Å². The fourth-order valence-corrected chi connectivity index (χ4v) is 2.26. The molecule has 8 heteroatoms. The molecule has 0 atom stereocenters. The Morgan fingerprint density at radius 1 is 1.43 bits per heavy atom. The van der Waals surface area contributed by atoms with E-state index in [2.05, 4.69) is 26.2 Å². The zero-order valence-corrected chi connectivity index (χ0v) is 12.9. The molecule has 21 heavy (non-hydrogen) atoms. The van der Waals surface area contributed by atoms with Crippen molar-refractivity contribution in [3.05, 3.63) is 67.4 Å². The molecule has 0 saturated heterocycles. The first kappa shape index (κ1) is 15.4. The van der Waals surface area contributed by atoms with Gasteiger partial charge in [0.05, 0.1) is 10.5 Å². The minimum Gasteiger partial charge on any atom is -0.348 e. The van der Waals surface area contributed by atoms with E-state index in [0.29, 0.717) is 0 Å². The van der Waals surface area contributed by atoms with Crippen molar-refractivity contribution in [1.82, 2.24) is 10.3 Å². The molecular formula is C13H9BrClN3O3. The number of carbonyl (C=O) groups is 1. The van der Waals surface area contributed by atoms with Crippen LogP contribution in [0.4, 0.5) is 5.69 Å². The Kier molecular flexibility index (Phi) is 4.87. The predicted molar refractivity (Wildman–Crippen MR) is 81.2 cm³/mol. The molecule has 6 nitrogen and oxygen atoms in total. The van der Waals surface area contributed by atoms with Crippen LogP contribution in [0.25, 0.3) is 0 Å². The first-order valence-corrected chi connectivity index (χ1v) is 6.97. The van der Waals surface area contributed by atoms with E-state index in [4.69, 9.17) is 11.6 Å². The Balaban J connectivity index is 2.13. The number of aromatic nitrogens is 1. The van der Waals surface area contributed by atoms with Crippen LogP contribution in [-0.4, -0.2) is 15.8 Å². The lowest BCUT2D eigenvalue weighted by Crippen LogP contribution is -2.23. The number of rotatable bonds is 4. The summed E-state index contributed by atoms with van der Waals surface area (Å²) in [6, 6.07) is 8.51. The second kappa shape index (κ2) is 6.64. The van der Waals surface area contributed by atoms with Crippen LogP contribution in [0.3, 0.4) is 0 Å². The minimum absolute atomic E-state index is 0.0270. The standard InChI is InChI=1S/C13H9BrClN3O3/c14-9-3-1-2-8(4-9)6-17-13(19)11-5-10(18(20)21)7-16-12(11)15/h1-5,7H,6H2,(H,17,19). The Morgan fingerprint density at radius 3 is 2.86 bits per heavy atom. The van der Waals surface area contributed by atoms with Gasteiger partial charge in [-0.25, -0.2) is 4.98 Å². The van der Waals surface area contributed by atoms with E-state index in [1.165, 1.54) is 0 Å². The van der Waals surface area contributed by atoms with Crippen LogP contribution in [0.15, 0.2) is 41.0 Å². The second-order valence-corrected chi connectivity index (χ2v) is 5.38. The molecule has 0 radical (unpaired) electrons. The summed E-state index contributed by atoms with van der Waals surface area (Å²) in [6.07, 6.45) is 1.01. The molecule has 1 N–H and O–H groups in total. The maximum atomic E-state index is 12.0. The lowest BCUT2D eigenvalue weighted by atomic mass is 10.2. The predicted octanol–water partition coefficient (Wildman–Crippen LogP) is 3.34. The van der Waals surface area contributed by atoms with Crippen LogP contribution in [0.1, 0.15) is 15.9 Å². The van der Waals surface area contributed by atoms with Crippen LogP contribution < -0.4 is 5.32 Å². The minimum atomic E-state index is -0.631. The van der Waals surface area contributed by atoms with E-state index >= 15 is 0 Å². The van der Waals surface area contributed by atoms with Gasteiger partial charge in [0.15, 0.2) is 0 Å². The number of halogens is 2. The van der Waals surface area contributed by atoms with E-state index in [1.807, 2.05) is 24.3 Å². The first-order valence-electron chi connectivity index (χ1n) is 5.80. The third-order valence-corrected chi connectivity index (χ3v) is 3.42. The zero-order chi connectivity index (χ0) is 15.4. The Labute approximate surface area is 133 Å². The van der Waals surface area contributed by atoms with Crippen LogP contribution in [0.5, 0.6) is 0 Å². The molecule has 1 aromatic heterocycles. The maximum absolute atomic E-state index is 12.0. The molecule has 1 heterocycles. The molecule has 2 rings (SSSR count). The van der Waals surface area contributed by atoms with E-state index in [9.17, 15) is 14.9 Å². The van der Waals surface area contributed by atoms with Crippen molar-refractivity contribution in [2.45, 2.75) is 6.54 Å². The average Bonchev–Trinajstić information content (AvgIpc) is 2.45. The summed E-state index contributed by atoms with van der Waals surface area (Å²) in [4.78, 5) is 25.7. The maximum Gasteiger partial charge on any atom is 0.288 e. The molecule has 0 saturated carbocycles. The summed E-state index contributed by atoms with van der Waals surface area (Å²) in [5, 5.41) is 13.3. The molecule has 1 aromatic carbocycles. The molecule has 108 valence electrons. The number of amides is 1. The van der Waals surface area contributed by atoms with Crippen LogP contribution in [0, 0.1) is 10.1 Å². The number of hydrogen-bond acceptors (Lipinski definition) is 4. The normalized spacial score (nSPS) is 10.2. The molecule has 0 fully saturated rings. The largest absolute Gasteiger partial charge is 0.348 e. The van der Waals surface area contributed by atoms with Crippen molar-refractivity contribution in [2.24, 2.45) is 0 Å². The van der Waals surface area contributed by atoms with Crippen molar-refractivity contribution in [3.63, 3.8) is 0 Å². The molecule has 0 aliphatic rings. The van der Waals surface area contributed by atoms with Crippen molar-refractivity contribution < 1.29 is 9.72 Å². The number of benzene rings is 1. The zero-order valence-electron chi connectivity index (χ0n) is 10.5. The third-order valence-electron chi connectivity index (χ3n) is 2.62. The topological polar surface area (TPSA) is 85.1 Å². The Morgan fingerprint density at radius 2 is 2.19 bits per heavy atom. The highest BCUT2D eigenvalue weighted by Gasteiger charge is 2.16. The summed E-state index contributed by atoms with van der Waals surface area (Å²) < 4.78 is 0.893. The third kappa shape index (κ3) is 3.99. The number of nitrogens with one attached hydrogen (secondary N) is 1. The lowest BCUT2D eigenvalue weighted by Gasteiger charge is -2.06. The van der Waals surface area contributed by atoms with Gasteiger partial charge in [-0.15, -0.1) is 0 Å². The number of nitro groups is 1. The first-order chi connectivity index (χ1) is 9.97. The van der Waals surface area contributed by atoms with Crippen molar-refractivity contribution in [1.29, 1.82) is 0 Å². The molecular weight excluding hydrogens is 362 g/mol. The van der Waals surface area contributed by atoms with Gasteiger partial charge in [0, 0.05) is 17.1 Å². The molecule has 0 spiro atoms. The number of nitrogens with zero attached hydrogens (tertiary/aromatic N) is 2. The summed E-state index contributed by atoms with van der Waals surface area (Å²) in [7, 11) is 0. The van der Waals surface area contributed by atoms with Gasteiger partial charge < -0.3 is 5.32 Å². The highest BCUT2D eigenvalue weighted by molar-refractivity contribution is 9.10. The number of carbonyl (C=O) groups excluding carboxylic acids is 1. The lowest BCUT2D eigenvalue weighted by molar-refractivity contribution is -0.385. The SMILES string of the molecule is O=C(NCc1cccc(Br)c1)c1cc([N+](=O)[O-])cnc1Cl. The summed E-state index contributed by atoms with van der Waals surface area (Å²) in [5.74, 6) is -0.517. The van der Waals surface area contributed by atoms with Crippen LogP contribution in [-0.2, 0) is 6.54 Å². The van der Waals surface area contributed by atoms with Gasteiger partial charge in [-0.2, -0.15) is 0 Å². The van der Waals surface area contributed by atoms with Gasteiger partial charge >= 0.3 is 0 Å². The van der Waals surface area contributed by atoms with Gasteiger partial charge in [-0.3, -0.25) is 14.9 Å². The van der Waals surface area contributed by atoms with Gasteiger partial charge in [0.1, 0.15) is 11.3 Å². The highest BCUT2D eigenvalue weighted by atomic mass is 79.9. The highest BCUT2D eigenvalue weighted by Crippen LogP contribution is 2.19. The van der Waals surface area contributed by atoms with E-state index in [0.717, 1.165) is 22.3 Å². The molecule has 0 unspecified atom stereocenters. The van der Waals surface area contributed by atoms with Crippen molar-refractivity contribution >= 4 is 39.1 Å². The van der Waals surface area contributed by atoms with Crippen LogP contribution in [0.2, 0.25) is 5.15 Å². The number of pyridine rings is 1. The number of hydrogen-bond donors (Lipinski definition) is 1. The molecule has 1 amide bonds. The van der Waals surface area contributed by atoms with Crippen molar-refractivity contribution in [3.8, 4) is 0 Å². The monoisotopic (exact) mass is 369 g/mol. The smallest absolute Gasteiger partial charge is 0.288 e. The molecule has 0 aliphatic carbocycles. The molecule has 0 aliphatic heterocycles. The van der Waals surface area contributed by atoms with Gasteiger partial charge in [0.25, 0.3) is 11.6 Å². The molecule has 2 aromatic rings. The Bertz CT molecular complexity index is 709. The molecule has 0 bridgehead atoms. The van der Waals surface area contributed by atoms with Crippen molar-refractivity contribution in [2.75, 3.05) is 0 Å². The average molecular weight is 371 g/mol. The Hall–Kier alpha value is -1.99. The quantitative estimate of drug-likeness (QED) is 0.508. The fourth-order valence-electron chi connectivity index (χ4n) is 1.62. The van der Waals surface area contributed by atoms with E-state index in [1.54, 1.807) is 0 Å².